The summed E-state index contributed by atoms with van der Waals surface area (Å²) in [5, 5.41) is 0. The molecule has 0 bridgehead atoms. The molecule has 0 unspecified atom stereocenters. The highest BCUT2D eigenvalue weighted by molar-refractivity contribution is 5.89. The largest absolute Gasteiger partial charge is 0.465 e. The summed E-state index contributed by atoms with van der Waals surface area (Å²) in [5.41, 5.74) is 7.18. The molecule has 0 aliphatic carbocycles. The number of hydrogen-bond acceptors (Lipinski definition) is 4. The van der Waals surface area contributed by atoms with Crippen molar-refractivity contribution in [1.82, 2.24) is 0 Å². The van der Waals surface area contributed by atoms with Crippen LogP contribution in [0.4, 0.5) is 0 Å². The highest BCUT2D eigenvalue weighted by atomic mass is 16.5. The Balaban J connectivity index is 2.04. The van der Waals surface area contributed by atoms with E-state index in [0.717, 1.165) is 12.2 Å². The van der Waals surface area contributed by atoms with E-state index >= 15 is 0 Å². The first kappa shape index (κ1) is 14.1. The maximum Gasteiger partial charge on any atom is 0.337 e. The van der Waals surface area contributed by atoms with E-state index in [-0.39, 0.29) is 5.97 Å². The van der Waals surface area contributed by atoms with Gasteiger partial charge < -0.3 is 15.2 Å². The lowest BCUT2D eigenvalue weighted by Crippen LogP contribution is -2.02. The molecule has 0 spiro atoms. The zero-order valence-electron chi connectivity index (χ0n) is 11.3. The van der Waals surface area contributed by atoms with Crippen LogP contribution in [0.5, 0.6) is 11.5 Å². The lowest BCUT2D eigenvalue weighted by molar-refractivity contribution is 0.0600. The van der Waals surface area contributed by atoms with Crippen LogP contribution in [-0.2, 0) is 11.2 Å². The van der Waals surface area contributed by atoms with E-state index in [1.165, 1.54) is 12.7 Å². The molecule has 2 aromatic rings. The monoisotopic (exact) mass is 271 g/mol. The van der Waals surface area contributed by atoms with E-state index in [1.54, 1.807) is 24.3 Å². The van der Waals surface area contributed by atoms with Crippen LogP contribution >= 0.6 is 0 Å². The molecule has 0 saturated heterocycles. The smallest absolute Gasteiger partial charge is 0.337 e. The van der Waals surface area contributed by atoms with Crippen molar-refractivity contribution in [3.8, 4) is 11.5 Å². The third kappa shape index (κ3) is 3.59. The Kier molecular flexibility index (Phi) is 4.74. The van der Waals surface area contributed by atoms with Gasteiger partial charge in [-0.1, -0.05) is 12.1 Å². The summed E-state index contributed by atoms with van der Waals surface area (Å²) in [7, 11) is 1.36. The quantitative estimate of drug-likeness (QED) is 0.849. The van der Waals surface area contributed by atoms with Crippen molar-refractivity contribution in [2.24, 2.45) is 5.73 Å². The van der Waals surface area contributed by atoms with E-state index < -0.39 is 0 Å². The van der Waals surface area contributed by atoms with Crippen LogP contribution in [0.25, 0.3) is 0 Å². The van der Waals surface area contributed by atoms with Crippen molar-refractivity contribution in [2.75, 3.05) is 13.7 Å². The fourth-order valence-electron chi connectivity index (χ4n) is 1.80. The Morgan fingerprint density at radius 3 is 2.05 bits per heavy atom. The molecular weight excluding hydrogens is 254 g/mol. The number of methoxy groups -OCH3 is 1. The number of esters is 1. The number of hydrogen-bond donors (Lipinski definition) is 1. The summed E-state index contributed by atoms with van der Waals surface area (Å²) in [6.07, 6.45) is 0.855. The molecule has 4 heteroatoms. The fraction of sp³-hybridized carbons (Fsp3) is 0.188. The van der Waals surface area contributed by atoms with Gasteiger partial charge in [-0.15, -0.1) is 0 Å². The normalized spacial score (nSPS) is 10.1. The van der Waals surface area contributed by atoms with Gasteiger partial charge in [0.25, 0.3) is 0 Å². The Bertz CT molecular complexity index is 561. The molecule has 0 fully saturated rings. The molecule has 2 N–H and O–H groups in total. The standard InChI is InChI=1S/C16H17NO3/c1-19-16(18)13-4-8-15(9-5-13)20-14-6-2-12(3-7-14)10-11-17/h2-9H,10-11,17H2,1H3. The second-order valence-corrected chi connectivity index (χ2v) is 4.30. The summed E-state index contributed by atoms with van der Waals surface area (Å²) in [4.78, 5) is 11.3. The molecule has 2 rings (SSSR count). The van der Waals surface area contributed by atoms with Crippen LogP contribution in [0, 0.1) is 0 Å². The fourth-order valence-corrected chi connectivity index (χ4v) is 1.80. The van der Waals surface area contributed by atoms with Gasteiger partial charge in [-0.3, -0.25) is 0 Å². The SMILES string of the molecule is COC(=O)c1ccc(Oc2ccc(CCN)cc2)cc1. The molecule has 2 aromatic carbocycles. The predicted molar refractivity (Wildman–Crippen MR) is 77.1 cm³/mol. The summed E-state index contributed by atoms with van der Waals surface area (Å²) in [5.74, 6) is 1.06. The molecule has 0 heterocycles. The van der Waals surface area contributed by atoms with Crippen molar-refractivity contribution in [2.45, 2.75) is 6.42 Å². The van der Waals surface area contributed by atoms with Crippen molar-refractivity contribution in [3.05, 3.63) is 59.7 Å². The van der Waals surface area contributed by atoms with E-state index in [2.05, 4.69) is 4.74 Å². The maximum absolute atomic E-state index is 11.3. The van der Waals surface area contributed by atoms with Gasteiger partial charge >= 0.3 is 5.97 Å². The average Bonchev–Trinajstić information content (AvgIpc) is 2.49. The van der Waals surface area contributed by atoms with E-state index in [9.17, 15) is 4.79 Å². The molecule has 4 nitrogen and oxygen atoms in total. The Hall–Kier alpha value is -2.33. The first-order chi connectivity index (χ1) is 9.72. The van der Waals surface area contributed by atoms with Crippen molar-refractivity contribution < 1.29 is 14.3 Å². The second-order valence-electron chi connectivity index (χ2n) is 4.30. The molecule has 0 amide bonds. The van der Waals surface area contributed by atoms with Gasteiger partial charge in [-0.2, -0.15) is 0 Å². The number of benzene rings is 2. The first-order valence-electron chi connectivity index (χ1n) is 6.38. The second kappa shape index (κ2) is 6.73. The number of carbonyl (C=O) groups excluding carboxylic acids is 1. The lowest BCUT2D eigenvalue weighted by atomic mass is 10.1. The Morgan fingerprint density at radius 1 is 1.00 bits per heavy atom. The topological polar surface area (TPSA) is 61.5 Å². The summed E-state index contributed by atoms with van der Waals surface area (Å²) < 4.78 is 10.3. The van der Waals surface area contributed by atoms with Gasteiger partial charge in [0.1, 0.15) is 11.5 Å². The minimum absolute atomic E-state index is 0.359. The van der Waals surface area contributed by atoms with Crippen molar-refractivity contribution in [3.63, 3.8) is 0 Å². The van der Waals surface area contributed by atoms with Gasteiger partial charge in [-0.05, 0) is 54.9 Å². The van der Waals surface area contributed by atoms with Gasteiger partial charge in [-0.25, -0.2) is 4.79 Å². The third-order valence-electron chi connectivity index (χ3n) is 2.87. The van der Waals surface area contributed by atoms with Gasteiger partial charge in [0.05, 0.1) is 12.7 Å². The van der Waals surface area contributed by atoms with Crippen molar-refractivity contribution >= 4 is 5.97 Å². The van der Waals surface area contributed by atoms with Crippen molar-refractivity contribution in [1.29, 1.82) is 0 Å². The van der Waals surface area contributed by atoms with Crippen LogP contribution in [-0.4, -0.2) is 19.6 Å². The van der Waals surface area contributed by atoms with Crippen LogP contribution in [0.15, 0.2) is 48.5 Å². The minimum Gasteiger partial charge on any atom is -0.465 e. The number of rotatable bonds is 5. The van der Waals surface area contributed by atoms with Crippen LogP contribution in [0.2, 0.25) is 0 Å². The molecule has 0 aliphatic rings. The predicted octanol–water partition coefficient (Wildman–Crippen LogP) is 2.77. The van der Waals surface area contributed by atoms with Gasteiger partial charge in [0.2, 0.25) is 0 Å². The van der Waals surface area contributed by atoms with Crippen LogP contribution in [0.3, 0.4) is 0 Å². The van der Waals surface area contributed by atoms with Gasteiger partial charge in [0, 0.05) is 0 Å². The molecule has 0 saturated carbocycles. The van der Waals surface area contributed by atoms with Gasteiger partial charge in [0.15, 0.2) is 0 Å². The molecule has 0 radical (unpaired) electrons. The molecule has 0 atom stereocenters. The number of ether oxygens (including phenoxy) is 2. The zero-order chi connectivity index (χ0) is 14.4. The molecule has 104 valence electrons. The van der Waals surface area contributed by atoms with E-state index in [0.29, 0.717) is 17.9 Å². The highest BCUT2D eigenvalue weighted by Crippen LogP contribution is 2.22. The number of nitrogens with two attached hydrogens (primary N) is 1. The average molecular weight is 271 g/mol. The van der Waals surface area contributed by atoms with Crippen LogP contribution in [0.1, 0.15) is 15.9 Å². The highest BCUT2D eigenvalue weighted by Gasteiger charge is 2.05. The summed E-state index contributed by atoms with van der Waals surface area (Å²) >= 11 is 0. The summed E-state index contributed by atoms with van der Waals surface area (Å²) in [6, 6.07) is 14.6. The minimum atomic E-state index is -0.359. The molecule has 0 aliphatic heterocycles. The maximum atomic E-state index is 11.3. The first-order valence-corrected chi connectivity index (χ1v) is 6.38. The Morgan fingerprint density at radius 2 is 1.55 bits per heavy atom. The van der Waals surface area contributed by atoms with Crippen LogP contribution < -0.4 is 10.5 Å². The molecular formula is C16H17NO3. The number of carbonyl (C=O) groups is 1. The van der Waals surface area contributed by atoms with E-state index in [1.807, 2.05) is 24.3 Å². The van der Waals surface area contributed by atoms with E-state index in [4.69, 9.17) is 10.5 Å². The third-order valence-corrected chi connectivity index (χ3v) is 2.87. The lowest BCUT2D eigenvalue weighted by Gasteiger charge is -2.07. The summed E-state index contributed by atoms with van der Waals surface area (Å²) in [6.45, 7) is 0.634. The Labute approximate surface area is 118 Å². The molecule has 20 heavy (non-hydrogen) atoms. The molecule has 0 aromatic heterocycles. The zero-order valence-corrected chi connectivity index (χ0v) is 11.3.